The maximum atomic E-state index is 2.47. The molecule has 0 aliphatic rings. The number of hydrogen-bond donors (Lipinski definition) is 0. The molecule has 0 saturated carbocycles. The quantitative estimate of drug-likeness (QED) is 0.464. The minimum Gasteiger partial charge on any atom is -0.0645 e. The summed E-state index contributed by atoms with van der Waals surface area (Å²) in [5.41, 5.74) is 9.44. The first-order chi connectivity index (χ1) is 13.9. The van der Waals surface area contributed by atoms with Crippen molar-refractivity contribution in [3.8, 4) is 0 Å². The summed E-state index contributed by atoms with van der Waals surface area (Å²) >= 11 is 0. The van der Waals surface area contributed by atoms with Gasteiger partial charge < -0.3 is 0 Å². The van der Waals surface area contributed by atoms with Crippen molar-refractivity contribution in [1.82, 2.24) is 0 Å². The van der Waals surface area contributed by atoms with E-state index in [4.69, 9.17) is 0 Å². The molecule has 0 amide bonds. The fourth-order valence-corrected chi connectivity index (χ4v) is 4.90. The van der Waals surface area contributed by atoms with E-state index < -0.39 is 0 Å². The van der Waals surface area contributed by atoms with E-state index in [1.165, 1.54) is 22.3 Å². The Morgan fingerprint density at radius 1 is 0.613 bits per heavy atom. The second-order valence-electron chi connectivity index (χ2n) is 13.5. The predicted molar refractivity (Wildman–Crippen MR) is 140 cm³/mol. The standard InChI is InChI=1S/C31H48/c1-14-23(21-16-15-17-22(20-21)28(2,3)4)26-24(29(5,6)7)18-19-25(30(8,9)10)27(26)31(11,12)13/h15-20,23H,14H2,1-13H3. The third-order valence-corrected chi connectivity index (χ3v) is 6.52. The monoisotopic (exact) mass is 420 g/mol. The van der Waals surface area contributed by atoms with Crippen LogP contribution in [0.5, 0.6) is 0 Å². The third kappa shape index (κ3) is 5.63. The fraction of sp³-hybridized carbons (Fsp3) is 0.613. The lowest BCUT2D eigenvalue weighted by Crippen LogP contribution is -2.28. The van der Waals surface area contributed by atoms with Crippen LogP contribution in [0.4, 0.5) is 0 Å². The van der Waals surface area contributed by atoms with Gasteiger partial charge in [0.15, 0.2) is 0 Å². The van der Waals surface area contributed by atoms with Crippen LogP contribution in [0.25, 0.3) is 0 Å². The van der Waals surface area contributed by atoms with E-state index in [1.54, 1.807) is 11.1 Å². The topological polar surface area (TPSA) is 0 Å². The fourth-order valence-electron chi connectivity index (χ4n) is 4.90. The summed E-state index contributed by atoms with van der Waals surface area (Å²) in [5, 5.41) is 0. The van der Waals surface area contributed by atoms with Crippen LogP contribution in [0.15, 0.2) is 36.4 Å². The summed E-state index contributed by atoms with van der Waals surface area (Å²) in [6, 6.07) is 14.2. The van der Waals surface area contributed by atoms with Crippen molar-refractivity contribution in [2.45, 2.75) is 124 Å². The molecule has 0 N–H and O–H groups in total. The van der Waals surface area contributed by atoms with Crippen molar-refractivity contribution in [2.75, 3.05) is 0 Å². The molecule has 0 nitrogen and oxygen atoms in total. The van der Waals surface area contributed by atoms with E-state index in [9.17, 15) is 0 Å². The van der Waals surface area contributed by atoms with Crippen LogP contribution in [0.2, 0.25) is 0 Å². The van der Waals surface area contributed by atoms with Crippen LogP contribution in [-0.4, -0.2) is 0 Å². The molecule has 0 spiro atoms. The van der Waals surface area contributed by atoms with Gasteiger partial charge in [-0.2, -0.15) is 0 Å². The van der Waals surface area contributed by atoms with Crippen LogP contribution in [0.3, 0.4) is 0 Å². The Morgan fingerprint density at radius 2 is 1.13 bits per heavy atom. The van der Waals surface area contributed by atoms with Gasteiger partial charge in [0, 0.05) is 5.92 Å². The van der Waals surface area contributed by atoms with Crippen molar-refractivity contribution in [1.29, 1.82) is 0 Å². The van der Waals surface area contributed by atoms with Gasteiger partial charge in [0.05, 0.1) is 0 Å². The molecule has 31 heavy (non-hydrogen) atoms. The summed E-state index contributed by atoms with van der Waals surface area (Å²) in [5.74, 6) is 0.396. The van der Waals surface area contributed by atoms with Crippen LogP contribution < -0.4 is 0 Å². The first kappa shape index (κ1) is 25.7. The lowest BCUT2D eigenvalue weighted by Gasteiger charge is -2.39. The van der Waals surface area contributed by atoms with E-state index in [0.29, 0.717) is 5.92 Å². The molecule has 1 unspecified atom stereocenters. The summed E-state index contributed by atoms with van der Waals surface area (Å²) in [6.45, 7) is 30.7. The van der Waals surface area contributed by atoms with Crippen LogP contribution in [0, 0.1) is 0 Å². The SMILES string of the molecule is CCC(c1cccc(C(C)(C)C)c1)c1c(C(C)(C)C)ccc(C(C)(C)C)c1C(C)(C)C. The van der Waals surface area contributed by atoms with Crippen molar-refractivity contribution < 1.29 is 0 Å². The maximum absolute atomic E-state index is 2.47. The van der Waals surface area contributed by atoms with Gasteiger partial charge in [-0.25, -0.2) is 0 Å². The minimum atomic E-state index is 0.0776. The Balaban J connectivity index is 2.98. The van der Waals surface area contributed by atoms with Crippen LogP contribution >= 0.6 is 0 Å². The molecular weight excluding hydrogens is 372 g/mol. The molecule has 0 aromatic heterocycles. The molecule has 1 atom stereocenters. The van der Waals surface area contributed by atoms with E-state index in [-0.39, 0.29) is 21.7 Å². The van der Waals surface area contributed by atoms with Gasteiger partial charge in [0.25, 0.3) is 0 Å². The van der Waals surface area contributed by atoms with Gasteiger partial charge in [0.2, 0.25) is 0 Å². The Bertz CT molecular complexity index is 899. The molecule has 2 rings (SSSR count). The average molecular weight is 421 g/mol. The smallest absolute Gasteiger partial charge is 0.00928 e. The maximum Gasteiger partial charge on any atom is 0.00928 e. The van der Waals surface area contributed by atoms with Crippen LogP contribution in [-0.2, 0) is 21.7 Å². The van der Waals surface area contributed by atoms with Gasteiger partial charge in [-0.1, -0.05) is 126 Å². The van der Waals surface area contributed by atoms with Gasteiger partial charge in [-0.15, -0.1) is 0 Å². The average Bonchev–Trinajstić information content (AvgIpc) is 2.59. The second kappa shape index (κ2) is 8.42. The Labute approximate surface area is 193 Å². The highest BCUT2D eigenvalue weighted by atomic mass is 14.4. The molecule has 2 aromatic carbocycles. The van der Waals surface area contributed by atoms with Gasteiger partial charge in [-0.3, -0.25) is 0 Å². The van der Waals surface area contributed by atoms with E-state index >= 15 is 0 Å². The zero-order chi connectivity index (χ0) is 24.0. The van der Waals surface area contributed by atoms with E-state index in [2.05, 4.69) is 126 Å². The van der Waals surface area contributed by atoms with E-state index in [1.807, 2.05) is 0 Å². The molecule has 0 fully saturated rings. The normalized spacial score (nSPS) is 14.6. The zero-order valence-electron chi connectivity index (χ0n) is 22.7. The van der Waals surface area contributed by atoms with Gasteiger partial charge >= 0.3 is 0 Å². The molecule has 172 valence electrons. The first-order valence-electron chi connectivity index (χ1n) is 12.2. The Hall–Kier alpha value is -1.56. The molecule has 0 heteroatoms. The molecule has 0 radical (unpaired) electrons. The molecule has 0 aliphatic heterocycles. The highest BCUT2D eigenvalue weighted by Crippen LogP contribution is 2.46. The number of rotatable bonds is 3. The molecule has 0 aliphatic carbocycles. The molecule has 0 saturated heterocycles. The van der Waals surface area contributed by atoms with Crippen molar-refractivity contribution in [3.63, 3.8) is 0 Å². The predicted octanol–water partition coefficient (Wildman–Crippen LogP) is 9.42. The van der Waals surface area contributed by atoms with E-state index in [0.717, 1.165) is 6.42 Å². The van der Waals surface area contributed by atoms with Crippen LogP contribution in [0.1, 0.15) is 136 Å². The summed E-state index contributed by atoms with van der Waals surface area (Å²) in [6.07, 6.45) is 1.10. The molecular formula is C31H48. The largest absolute Gasteiger partial charge is 0.0645 e. The first-order valence-corrected chi connectivity index (χ1v) is 12.2. The second-order valence-corrected chi connectivity index (χ2v) is 13.5. The number of benzene rings is 2. The molecule has 0 bridgehead atoms. The zero-order valence-corrected chi connectivity index (χ0v) is 22.7. The molecule has 2 aromatic rings. The molecule has 0 heterocycles. The van der Waals surface area contributed by atoms with Crippen molar-refractivity contribution in [2.24, 2.45) is 0 Å². The Kier molecular flexibility index (Phi) is 6.98. The third-order valence-electron chi connectivity index (χ3n) is 6.52. The lowest BCUT2D eigenvalue weighted by atomic mass is 9.66. The number of hydrogen-bond acceptors (Lipinski definition) is 0. The van der Waals surface area contributed by atoms with Gasteiger partial charge in [-0.05, 0) is 61.5 Å². The minimum absolute atomic E-state index is 0.0776. The Morgan fingerprint density at radius 3 is 1.55 bits per heavy atom. The lowest BCUT2D eigenvalue weighted by molar-refractivity contribution is 0.507. The summed E-state index contributed by atoms with van der Waals surface area (Å²) in [7, 11) is 0. The summed E-state index contributed by atoms with van der Waals surface area (Å²) < 4.78 is 0. The summed E-state index contributed by atoms with van der Waals surface area (Å²) in [4.78, 5) is 0. The highest BCUT2D eigenvalue weighted by Gasteiger charge is 2.34. The highest BCUT2D eigenvalue weighted by molar-refractivity contribution is 5.54. The van der Waals surface area contributed by atoms with Crippen molar-refractivity contribution >= 4 is 0 Å². The van der Waals surface area contributed by atoms with Gasteiger partial charge in [0.1, 0.15) is 0 Å². The van der Waals surface area contributed by atoms with Crippen molar-refractivity contribution in [3.05, 3.63) is 69.8 Å².